The van der Waals surface area contributed by atoms with E-state index in [1.807, 2.05) is 0 Å². The molecule has 2 unspecified atom stereocenters. The summed E-state index contributed by atoms with van der Waals surface area (Å²) in [5.74, 6) is 0.903. The molecule has 0 radical (unpaired) electrons. The van der Waals surface area contributed by atoms with E-state index in [4.69, 9.17) is 0 Å². The molecule has 0 heterocycles. The topological polar surface area (TPSA) is 12.0 Å². The van der Waals surface area contributed by atoms with Gasteiger partial charge in [0.25, 0.3) is 0 Å². The summed E-state index contributed by atoms with van der Waals surface area (Å²) in [7, 11) is 0. The Morgan fingerprint density at radius 1 is 1.33 bits per heavy atom. The van der Waals surface area contributed by atoms with Crippen LogP contribution in [0.25, 0.3) is 0 Å². The Bertz CT molecular complexity index is 186. The first kappa shape index (κ1) is 12.8. The van der Waals surface area contributed by atoms with Crippen molar-refractivity contribution in [3.8, 4) is 0 Å². The lowest BCUT2D eigenvalue weighted by Gasteiger charge is -2.30. The van der Waals surface area contributed by atoms with E-state index in [-0.39, 0.29) is 0 Å². The van der Waals surface area contributed by atoms with Gasteiger partial charge in [-0.2, -0.15) is 0 Å². The summed E-state index contributed by atoms with van der Waals surface area (Å²) in [6.07, 6.45) is 9.26. The third-order valence-corrected chi connectivity index (χ3v) is 3.54. The molecule has 0 aromatic rings. The fraction of sp³-hybridized carbons (Fsp3) is 0.857. The average Bonchev–Trinajstić information content (AvgIpc) is 2.26. The Kier molecular flexibility index (Phi) is 6.00. The van der Waals surface area contributed by atoms with Crippen LogP contribution in [0.5, 0.6) is 0 Å². The summed E-state index contributed by atoms with van der Waals surface area (Å²) in [5.41, 5.74) is 1.44. The van der Waals surface area contributed by atoms with Gasteiger partial charge in [-0.15, -0.1) is 0 Å². The Hall–Kier alpha value is -0.300. The first-order chi connectivity index (χ1) is 7.26. The van der Waals surface area contributed by atoms with Gasteiger partial charge in [0.2, 0.25) is 0 Å². The Morgan fingerprint density at radius 3 is 2.80 bits per heavy atom. The van der Waals surface area contributed by atoms with Crippen LogP contribution in [0.1, 0.15) is 58.8 Å². The van der Waals surface area contributed by atoms with E-state index >= 15 is 0 Å². The summed E-state index contributed by atoms with van der Waals surface area (Å²) < 4.78 is 0. The van der Waals surface area contributed by atoms with E-state index in [1.54, 1.807) is 0 Å². The largest absolute Gasteiger partial charge is 0.314 e. The van der Waals surface area contributed by atoms with Gasteiger partial charge in [0.15, 0.2) is 0 Å². The molecule has 1 N–H and O–H groups in total. The molecular weight excluding hydrogens is 182 g/mol. The minimum absolute atomic E-state index is 0.786. The van der Waals surface area contributed by atoms with E-state index in [0.29, 0.717) is 0 Å². The van der Waals surface area contributed by atoms with Crippen LogP contribution in [-0.4, -0.2) is 12.6 Å². The normalized spacial score (nSPS) is 26.5. The third-order valence-electron chi connectivity index (χ3n) is 3.54. The lowest BCUT2D eigenvalue weighted by atomic mass is 9.82. The van der Waals surface area contributed by atoms with Crippen molar-refractivity contribution in [2.75, 3.05) is 6.54 Å². The molecule has 0 aromatic carbocycles. The van der Waals surface area contributed by atoms with Crippen molar-refractivity contribution in [3.63, 3.8) is 0 Å². The summed E-state index contributed by atoms with van der Waals surface area (Å²) in [5, 5.41) is 3.66. The first-order valence-electron chi connectivity index (χ1n) is 6.66. The number of hydrogen-bond acceptors (Lipinski definition) is 1. The third kappa shape index (κ3) is 4.83. The zero-order valence-corrected chi connectivity index (χ0v) is 10.5. The molecule has 1 fully saturated rings. The van der Waals surface area contributed by atoms with Crippen LogP contribution in [0.15, 0.2) is 12.2 Å². The second-order valence-electron chi connectivity index (χ2n) is 4.99. The van der Waals surface area contributed by atoms with Gasteiger partial charge in [-0.25, -0.2) is 0 Å². The van der Waals surface area contributed by atoms with Crippen LogP contribution >= 0.6 is 0 Å². The van der Waals surface area contributed by atoms with Gasteiger partial charge in [-0.1, -0.05) is 38.8 Å². The van der Waals surface area contributed by atoms with Crippen molar-refractivity contribution in [1.82, 2.24) is 5.32 Å². The molecule has 1 saturated carbocycles. The van der Waals surface area contributed by atoms with Gasteiger partial charge in [0.05, 0.1) is 0 Å². The summed E-state index contributed by atoms with van der Waals surface area (Å²) in [4.78, 5) is 0. The molecule has 1 rings (SSSR count). The quantitative estimate of drug-likeness (QED) is 0.654. The van der Waals surface area contributed by atoms with Crippen molar-refractivity contribution in [2.45, 2.75) is 64.8 Å². The molecule has 1 aliphatic rings. The highest BCUT2D eigenvalue weighted by molar-refractivity contribution is 4.96. The molecule has 2 atom stereocenters. The first-order valence-corrected chi connectivity index (χ1v) is 6.66. The van der Waals surface area contributed by atoms with E-state index in [9.17, 15) is 0 Å². The summed E-state index contributed by atoms with van der Waals surface area (Å²) in [6, 6.07) is 0.786. The molecule has 1 aliphatic carbocycles. The molecule has 88 valence electrons. The molecule has 0 amide bonds. The maximum absolute atomic E-state index is 4.13. The van der Waals surface area contributed by atoms with Gasteiger partial charge in [-0.05, 0) is 44.6 Å². The lowest BCUT2D eigenvalue weighted by Crippen LogP contribution is -2.34. The average molecular weight is 209 g/mol. The molecule has 0 bridgehead atoms. The van der Waals surface area contributed by atoms with E-state index in [1.165, 1.54) is 50.6 Å². The number of hydrogen-bond donors (Lipinski definition) is 1. The van der Waals surface area contributed by atoms with Crippen LogP contribution in [0.4, 0.5) is 0 Å². The van der Waals surface area contributed by atoms with Crippen molar-refractivity contribution in [3.05, 3.63) is 12.2 Å². The van der Waals surface area contributed by atoms with Gasteiger partial charge < -0.3 is 5.32 Å². The molecule has 15 heavy (non-hydrogen) atoms. The van der Waals surface area contributed by atoms with Crippen LogP contribution in [0.2, 0.25) is 0 Å². The van der Waals surface area contributed by atoms with Gasteiger partial charge >= 0.3 is 0 Å². The minimum atomic E-state index is 0.786. The molecule has 0 spiro atoms. The van der Waals surface area contributed by atoms with E-state index in [2.05, 4.69) is 25.7 Å². The molecule has 1 heteroatoms. The zero-order chi connectivity index (χ0) is 11.1. The van der Waals surface area contributed by atoms with E-state index < -0.39 is 0 Å². The highest BCUT2D eigenvalue weighted by atomic mass is 14.9. The predicted molar refractivity (Wildman–Crippen MR) is 68.1 cm³/mol. The van der Waals surface area contributed by atoms with Crippen LogP contribution in [0, 0.1) is 5.92 Å². The summed E-state index contributed by atoms with van der Waals surface area (Å²) in [6.45, 7) is 9.78. The van der Waals surface area contributed by atoms with Gasteiger partial charge in [0.1, 0.15) is 0 Å². The van der Waals surface area contributed by atoms with E-state index in [0.717, 1.165) is 18.4 Å². The molecule has 0 aromatic heterocycles. The zero-order valence-electron chi connectivity index (χ0n) is 10.5. The standard InChI is InChI=1S/C14H27N/c1-4-9-15-14-8-6-7-13(11-14)10-12(3)5-2/h13-15H,3-11H2,1-2H3. The van der Waals surface area contributed by atoms with Gasteiger partial charge in [-0.3, -0.25) is 0 Å². The predicted octanol–water partition coefficient (Wildman–Crippen LogP) is 3.90. The Labute approximate surface area is 95.3 Å². The van der Waals surface area contributed by atoms with Crippen molar-refractivity contribution >= 4 is 0 Å². The fourth-order valence-electron chi connectivity index (χ4n) is 2.56. The lowest BCUT2D eigenvalue weighted by molar-refractivity contribution is 0.283. The minimum Gasteiger partial charge on any atom is -0.314 e. The highest BCUT2D eigenvalue weighted by Gasteiger charge is 2.21. The second kappa shape index (κ2) is 7.05. The molecular formula is C14H27N. The van der Waals surface area contributed by atoms with Crippen molar-refractivity contribution < 1.29 is 0 Å². The molecule has 0 aliphatic heterocycles. The number of rotatable bonds is 6. The smallest absolute Gasteiger partial charge is 0.00698 e. The SMILES string of the molecule is C=C(CC)CC1CCCC(NCCC)C1. The van der Waals surface area contributed by atoms with Crippen molar-refractivity contribution in [2.24, 2.45) is 5.92 Å². The molecule has 0 saturated heterocycles. The maximum Gasteiger partial charge on any atom is 0.00698 e. The fourth-order valence-corrected chi connectivity index (χ4v) is 2.56. The van der Waals surface area contributed by atoms with Crippen LogP contribution < -0.4 is 5.32 Å². The Balaban J connectivity index is 2.25. The highest BCUT2D eigenvalue weighted by Crippen LogP contribution is 2.29. The second-order valence-corrected chi connectivity index (χ2v) is 4.99. The number of nitrogens with one attached hydrogen (secondary N) is 1. The number of allylic oxidation sites excluding steroid dienone is 1. The molecule has 1 nitrogen and oxygen atoms in total. The Morgan fingerprint density at radius 2 is 2.13 bits per heavy atom. The van der Waals surface area contributed by atoms with Crippen LogP contribution in [-0.2, 0) is 0 Å². The maximum atomic E-state index is 4.13. The van der Waals surface area contributed by atoms with Crippen LogP contribution in [0.3, 0.4) is 0 Å². The summed E-state index contributed by atoms with van der Waals surface area (Å²) >= 11 is 0. The van der Waals surface area contributed by atoms with Crippen molar-refractivity contribution in [1.29, 1.82) is 0 Å². The van der Waals surface area contributed by atoms with Gasteiger partial charge in [0, 0.05) is 6.04 Å². The monoisotopic (exact) mass is 209 g/mol.